The van der Waals surface area contributed by atoms with E-state index in [1.54, 1.807) is 7.05 Å². The number of nitrogens with one attached hydrogen (secondary N) is 2. The summed E-state index contributed by atoms with van der Waals surface area (Å²) in [7, 11) is 3.90. The van der Waals surface area contributed by atoms with Crippen molar-refractivity contribution in [3.8, 4) is 0 Å². The number of guanidine groups is 1. The molecule has 6 nitrogen and oxygen atoms in total. The number of halogens is 1. The first-order chi connectivity index (χ1) is 12.8. The third kappa shape index (κ3) is 10.2. The Labute approximate surface area is 181 Å². The number of hydrogen-bond donors (Lipinski definition) is 2. The molecule has 2 rings (SSSR count). The van der Waals surface area contributed by atoms with Gasteiger partial charge in [0.2, 0.25) is 0 Å². The predicted octanol–water partition coefficient (Wildman–Crippen LogP) is 2.74. The Kier molecular flexibility index (Phi) is 13.3. The Morgan fingerprint density at radius 2 is 1.89 bits per heavy atom. The molecule has 1 aromatic rings. The largest absolute Gasteiger partial charge is 0.381 e. The van der Waals surface area contributed by atoms with Gasteiger partial charge in [-0.1, -0.05) is 18.2 Å². The molecule has 1 fully saturated rings. The van der Waals surface area contributed by atoms with Gasteiger partial charge < -0.3 is 25.0 Å². The highest BCUT2D eigenvalue weighted by Crippen LogP contribution is 2.14. The van der Waals surface area contributed by atoms with Gasteiger partial charge in [-0.25, -0.2) is 0 Å². The number of ether oxygens (including phenoxy) is 2. The average Bonchev–Trinajstić information content (AvgIpc) is 2.70. The molecule has 154 valence electrons. The normalized spacial score (nSPS) is 15.1. The molecule has 27 heavy (non-hydrogen) atoms. The van der Waals surface area contributed by atoms with Crippen molar-refractivity contribution in [1.82, 2.24) is 10.6 Å². The first kappa shape index (κ1) is 24.0. The summed E-state index contributed by atoms with van der Waals surface area (Å²) in [6, 6.07) is 10.4. The molecule has 0 bridgehead atoms. The van der Waals surface area contributed by atoms with Crippen LogP contribution in [0.5, 0.6) is 0 Å². The summed E-state index contributed by atoms with van der Waals surface area (Å²) in [6.45, 7) is 6.04. The summed E-state index contributed by atoms with van der Waals surface area (Å²) in [6.07, 6.45) is 3.24. The second kappa shape index (κ2) is 14.9. The first-order valence-corrected chi connectivity index (χ1v) is 9.66. The molecule has 0 atom stereocenters. The van der Waals surface area contributed by atoms with Gasteiger partial charge in [-0.15, -0.1) is 24.0 Å². The van der Waals surface area contributed by atoms with Gasteiger partial charge >= 0.3 is 0 Å². The maximum atomic E-state index is 5.79. The maximum Gasteiger partial charge on any atom is 0.191 e. The summed E-state index contributed by atoms with van der Waals surface area (Å²) >= 11 is 0. The summed E-state index contributed by atoms with van der Waals surface area (Å²) in [5, 5.41) is 6.70. The van der Waals surface area contributed by atoms with Gasteiger partial charge in [0.1, 0.15) is 0 Å². The van der Waals surface area contributed by atoms with Crippen molar-refractivity contribution in [1.29, 1.82) is 0 Å². The van der Waals surface area contributed by atoms with E-state index in [4.69, 9.17) is 9.47 Å². The number of benzene rings is 1. The Morgan fingerprint density at radius 1 is 1.19 bits per heavy atom. The van der Waals surface area contributed by atoms with E-state index in [1.807, 2.05) is 6.07 Å². The number of rotatable bonds is 10. The zero-order valence-corrected chi connectivity index (χ0v) is 19.0. The number of nitrogens with zero attached hydrogens (tertiary/aromatic N) is 2. The second-order valence-corrected chi connectivity index (χ2v) is 6.67. The van der Waals surface area contributed by atoms with Crippen molar-refractivity contribution in [2.75, 3.05) is 65.1 Å². The topological polar surface area (TPSA) is 58.1 Å². The molecule has 0 aromatic heterocycles. The van der Waals surface area contributed by atoms with E-state index < -0.39 is 0 Å². The number of anilines is 1. The molecule has 0 spiro atoms. The summed E-state index contributed by atoms with van der Waals surface area (Å²) in [5.41, 5.74) is 1.22. The summed E-state index contributed by atoms with van der Waals surface area (Å²) in [5.74, 6) is 1.52. The van der Waals surface area contributed by atoms with Gasteiger partial charge in [0.05, 0.1) is 0 Å². The van der Waals surface area contributed by atoms with Crippen molar-refractivity contribution in [2.24, 2.45) is 10.9 Å². The Hall–Kier alpha value is -1.06. The molecular weight excluding hydrogens is 455 g/mol. The van der Waals surface area contributed by atoms with Gasteiger partial charge in [-0.2, -0.15) is 0 Å². The van der Waals surface area contributed by atoms with Crippen molar-refractivity contribution in [3.05, 3.63) is 30.3 Å². The Bertz CT molecular complexity index is 510. The molecule has 7 heteroatoms. The van der Waals surface area contributed by atoms with Crippen LogP contribution in [0.25, 0.3) is 0 Å². The third-order valence-corrected chi connectivity index (χ3v) is 4.61. The quantitative estimate of drug-likeness (QED) is 0.229. The third-order valence-electron chi connectivity index (χ3n) is 4.61. The monoisotopic (exact) mass is 490 g/mol. The molecule has 1 aliphatic heterocycles. The average molecular weight is 490 g/mol. The van der Waals surface area contributed by atoms with Gasteiger partial charge in [-0.3, -0.25) is 4.99 Å². The van der Waals surface area contributed by atoms with Gasteiger partial charge in [-0.05, 0) is 37.3 Å². The second-order valence-electron chi connectivity index (χ2n) is 6.67. The highest BCUT2D eigenvalue weighted by atomic mass is 127. The number of para-hydroxylation sites is 1. The van der Waals surface area contributed by atoms with Crippen LogP contribution in [0.3, 0.4) is 0 Å². The van der Waals surface area contributed by atoms with E-state index in [1.165, 1.54) is 5.69 Å². The molecule has 1 heterocycles. The van der Waals surface area contributed by atoms with E-state index in [9.17, 15) is 0 Å². The van der Waals surface area contributed by atoms with Crippen LogP contribution in [-0.4, -0.2) is 66.1 Å². The van der Waals surface area contributed by atoms with Crippen LogP contribution in [0.4, 0.5) is 5.69 Å². The SMILES string of the molecule is CN=C(NCCCOCC1CCOCC1)NCCN(C)c1ccccc1.I. The maximum absolute atomic E-state index is 5.79. The zero-order valence-electron chi connectivity index (χ0n) is 16.7. The number of likely N-dealkylation sites (N-methyl/N-ethyl adjacent to an activating group) is 1. The van der Waals surface area contributed by atoms with Crippen LogP contribution >= 0.6 is 24.0 Å². The molecule has 0 saturated carbocycles. The minimum atomic E-state index is 0. The number of aliphatic imine (C=N–C) groups is 1. The van der Waals surface area contributed by atoms with Crippen molar-refractivity contribution < 1.29 is 9.47 Å². The molecule has 0 aliphatic carbocycles. The number of hydrogen-bond acceptors (Lipinski definition) is 4. The fourth-order valence-electron chi connectivity index (χ4n) is 2.92. The Morgan fingerprint density at radius 3 is 2.59 bits per heavy atom. The Balaban J connectivity index is 0.00000364. The van der Waals surface area contributed by atoms with E-state index in [-0.39, 0.29) is 24.0 Å². The minimum absolute atomic E-state index is 0. The van der Waals surface area contributed by atoms with E-state index in [2.05, 4.69) is 51.8 Å². The molecule has 0 radical (unpaired) electrons. The molecular formula is C20H35IN4O2. The lowest BCUT2D eigenvalue weighted by Crippen LogP contribution is -2.41. The molecule has 1 aromatic carbocycles. The van der Waals surface area contributed by atoms with Crippen LogP contribution in [-0.2, 0) is 9.47 Å². The van der Waals surface area contributed by atoms with Crippen molar-refractivity contribution in [2.45, 2.75) is 19.3 Å². The molecule has 0 unspecified atom stereocenters. The summed E-state index contributed by atoms with van der Waals surface area (Å²) < 4.78 is 11.2. The minimum Gasteiger partial charge on any atom is -0.381 e. The van der Waals surface area contributed by atoms with E-state index in [0.29, 0.717) is 5.92 Å². The molecule has 2 N–H and O–H groups in total. The first-order valence-electron chi connectivity index (χ1n) is 9.66. The van der Waals surface area contributed by atoms with Crippen LogP contribution in [0.15, 0.2) is 35.3 Å². The smallest absolute Gasteiger partial charge is 0.191 e. The van der Waals surface area contributed by atoms with Gasteiger partial charge in [0.15, 0.2) is 5.96 Å². The van der Waals surface area contributed by atoms with E-state index in [0.717, 1.165) is 71.3 Å². The lowest BCUT2D eigenvalue weighted by atomic mass is 10.0. The highest BCUT2D eigenvalue weighted by Gasteiger charge is 2.13. The fourth-order valence-corrected chi connectivity index (χ4v) is 2.92. The molecule has 1 aliphatic rings. The molecule has 1 saturated heterocycles. The van der Waals surface area contributed by atoms with Crippen LogP contribution in [0.1, 0.15) is 19.3 Å². The van der Waals surface area contributed by atoms with Crippen molar-refractivity contribution in [3.63, 3.8) is 0 Å². The predicted molar refractivity (Wildman–Crippen MR) is 123 cm³/mol. The van der Waals surface area contributed by atoms with Crippen LogP contribution in [0.2, 0.25) is 0 Å². The van der Waals surface area contributed by atoms with Crippen molar-refractivity contribution >= 4 is 35.6 Å². The van der Waals surface area contributed by atoms with Crippen LogP contribution < -0.4 is 15.5 Å². The van der Waals surface area contributed by atoms with E-state index >= 15 is 0 Å². The van der Waals surface area contributed by atoms with Gasteiger partial charge in [0.25, 0.3) is 0 Å². The fraction of sp³-hybridized carbons (Fsp3) is 0.650. The highest BCUT2D eigenvalue weighted by molar-refractivity contribution is 14.0. The molecule has 0 amide bonds. The van der Waals surface area contributed by atoms with Crippen LogP contribution in [0, 0.1) is 5.92 Å². The standard InChI is InChI=1S/C20H34N4O2.HI/c1-21-20(23-12-13-24(2)19-7-4-3-5-8-19)22-11-6-14-26-17-18-9-15-25-16-10-18;/h3-5,7-8,18H,6,9-17H2,1-2H3,(H2,21,22,23);1H. The summed E-state index contributed by atoms with van der Waals surface area (Å²) in [4.78, 5) is 6.50. The lowest BCUT2D eigenvalue weighted by Gasteiger charge is -2.22. The zero-order chi connectivity index (χ0) is 18.5. The lowest BCUT2D eigenvalue weighted by molar-refractivity contribution is 0.0203. The van der Waals surface area contributed by atoms with Gasteiger partial charge in [0, 0.05) is 65.8 Å².